The molecule has 0 saturated carbocycles. The van der Waals surface area contributed by atoms with Crippen molar-refractivity contribution in [3.8, 4) is 0 Å². The number of benzene rings is 1. The normalized spacial score (nSPS) is 11.6. The minimum atomic E-state index is -3.32. The van der Waals surface area contributed by atoms with E-state index in [2.05, 4.69) is 5.32 Å². The second kappa shape index (κ2) is 6.88. The molecule has 0 aliphatic carbocycles. The summed E-state index contributed by atoms with van der Waals surface area (Å²) < 4.78 is 24.7. The number of hydrogen-bond acceptors (Lipinski definition) is 3. The number of halogens is 1. The van der Waals surface area contributed by atoms with Gasteiger partial charge in [0.15, 0.2) is 0 Å². The molecular weight excluding hydrogens is 288 g/mol. The fourth-order valence-electron chi connectivity index (χ4n) is 1.51. The molecule has 1 rings (SSSR count). The van der Waals surface area contributed by atoms with Crippen LogP contribution in [0.5, 0.6) is 0 Å². The van der Waals surface area contributed by atoms with Crippen molar-refractivity contribution < 1.29 is 13.2 Å². The molecule has 0 aromatic heterocycles. The van der Waals surface area contributed by atoms with E-state index in [9.17, 15) is 13.2 Å². The molecular formula is C12H17ClN2O3S. The SMILES string of the molecule is CNC(=O)c1ccc(CN(C)S(=O)(=O)CCCl)cc1. The number of carbonyl (C=O) groups excluding carboxylic acids is 1. The second-order valence-corrected chi connectivity index (χ2v) is 6.61. The summed E-state index contributed by atoms with van der Waals surface area (Å²) in [5.41, 5.74) is 1.35. The Morgan fingerprint density at radius 1 is 1.32 bits per heavy atom. The van der Waals surface area contributed by atoms with Gasteiger partial charge >= 0.3 is 0 Å². The standard InChI is InChI=1S/C12H17ClN2O3S/c1-14-12(16)11-5-3-10(4-6-11)9-15(2)19(17,18)8-7-13/h3-6H,7-9H2,1-2H3,(H,14,16). The van der Waals surface area contributed by atoms with Gasteiger partial charge in [0.25, 0.3) is 5.91 Å². The first-order valence-corrected chi connectivity index (χ1v) is 7.86. The first-order valence-electron chi connectivity index (χ1n) is 5.71. The van der Waals surface area contributed by atoms with E-state index in [-0.39, 0.29) is 24.1 Å². The van der Waals surface area contributed by atoms with Crippen LogP contribution in [0.1, 0.15) is 15.9 Å². The van der Waals surface area contributed by atoms with Crippen LogP contribution < -0.4 is 5.32 Å². The maximum atomic E-state index is 11.7. The van der Waals surface area contributed by atoms with E-state index in [4.69, 9.17) is 11.6 Å². The number of nitrogens with zero attached hydrogens (tertiary/aromatic N) is 1. The highest BCUT2D eigenvalue weighted by Gasteiger charge is 2.17. The molecule has 0 fully saturated rings. The predicted molar refractivity (Wildman–Crippen MR) is 75.8 cm³/mol. The van der Waals surface area contributed by atoms with Crippen molar-refractivity contribution in [1.82, 2.24) is 9.62 Å². The lowest BCUT2D eigenvalue weighted by atomic mass is 10.1. The molecule has 106 valence electrons. The Hall–Kier alpha value is -1.11. The Labute approximate surface area is 118 Å². The van der Waals surface area contributed by atoms with Crippen molar-refractivity contribution in [2.24, 2.45) is 0 Å². The average molecular weight is 305 g/mol. The lowest BCUT2D eigenvalue weighted by Gasteiger charge is -2.16. The van der Waals surface area contributed by atoms with Crippen LogP contribution in [0.2, 0.25) is 0 Å². The van der Waals surface area contributed by atoms with Crippen LogP contribution in [0.4, 0.5) is 0 Å². The Morgan fingerprint density at radius 2 is 1.89 bits per heavy atom. The quantitative estimate of drug-likeness (QED) is 0.799. The lowest BCUT2D eigenvalue weighted by molar-refractivity contribution is 0.0963. The third kappa shape index (κ3) is 4.49. The summed E-state index contributed by atoms with van der Waals surface area (Å²) in [5, 5.41) is 2.52. The maximum absolute atomic E-state index is 11.7. The Kier molecular flexibility index (Phi) is 5.78. The van der Waals surface area contributed by atoms with Gasteiger partial charge in [-0.2, -0.15) is 0 Å². The first-order chi connectivity index (χ1) is 8.90. The van der Waals surface area contributed by atoms with Gasteiger partial charge in [0, 0.05) is 32.1 Å². The number of carbonyl (C=O) groups is 1. The van der Waals surface area contributed by atoms with Crippen molar-refractivity contribution in [3.63, 3.8) is 0 Å². The molecule has 1 amide bonds. The molecule has 0 aliphatic rings. The summed E-state index contributed by atoms with van der Waals surface area (Å²) >= 11 is 5.45. The van der Waals surface area contributed by atoms with Gasteiger partial charge in [0.1, 0.15) is 0 Å². The number of rotatable bonds is 6. The predicted octanol–water partition coefficient (Wildman–Crippen LogP) is 1.05. The molecule has 1 aromatic rings. The first kappa shape index (κ1) is 15.9. The molecule has 5 nitrogen and oxygen atoms in total. The highest BCUT2D eigenvalue weighted by Crippen LogP contribution is 2.10. The molecule has 0 saturated heterocycles. The van der Waals surface area contributed by atoms with Gasteiger partial charge in [-0.25, -0.2) is 12.7 Å². The minimum Gasteiger partial charge on any atom is -0.355 e. The van der Waals surface area contributed by atoms with E-state index in [1.807, 2.05) is 0 Å². The zero-order valence-corrected chi connectivity index (χ0v) is 12.5. The molecule has 0 unspecified atom stereocenters. The van der Waals surface area contributed by atoms with Crippen molar-refractivity contribution >= 4 is 27.5 Å². The summed E-state index contributed by atoms with van der Waals surface area (Å²) in [6, 6.07) is 6.79. The van der Waals surface area contributed by atoms with Crippen LogP contribution in [0.3, 0.4) is 0 Å². The minimum absolute atomic E-state index is 0.0717. The fourth-order valence-corrected chi connectivity index (χ4v) is 2.95. The van der Waals surface area contributed by atoms with Crippen molar-refractivity contribution in [1.29, 1.82) is 0 Å². The Balaban J connectivity index is 2.76. The Bertz CT molecular complexity index is 528. The highest BCUT2D eigenvalue weighted by molar-refractivity contribution is 7.89. The van der Waals surface area contributed by atoms with Crippen molar-refractivity contribution in [2.45, 2.75) is 6.54 Å². The van der Waals surface area contributed by atoms with Crippen LogP contribution in [0, 0.1) is 0 Å². The number of alkyl halides is 1. The fraction of sp³-hybridized carbons (Fsp3) is 0.417. The van der Waals surface area contributed by atoms with Crippen LogP contribution >= 0.6 is 11.6 Å². The summed E-state index contributed by atoms with van der Waals surface area (Å²) in [4.78, 5) is 11.4. The molecule has 0 bridgehead atoms. The number of hydrogen-bond donors (Lipinski definition) is 1. The molecule has 7 heteroatoms. The third-order valence-electron chi connectivity index (χ3n) is 2.66. The van der Waals surface area contributed by atoms with E-state index in [0.717, 1.165) is 5.56 Å². The zero-order valence-electron chi connectivity index (χ0n) is 10.9. The maximum Gasteiger partial charge on any atom is 0.251 e. The van der Waals surface area contributed by atoms with E-state index in [1.165, 1.54) is 11.4 Å². The topological polar surface area (TPSA) is 66.5 Å². The molecule has 0 atom stereocenters. The van der Waals surface area contributed by atoms with Gasteiger partial charge in [-0.1, -0.05) is 12.1 Å². The highest BCUT2D eigenvalue weighted by atomic mass is 35.5. The summed E-state index contributed by atoms with van der Waals surface area (Å²) in [6.45, 7) is 0.257. The lowest BCUT2D eigenvalue weighted by Crippen LogP contribution is -2.29. The number of nitrogens with one attached hydrogen (secondary N) is 1. The smallest absolute Gasteiger partial charge is 0.251 e. The van der Waals surface area contributed by atoms with E-state index >= 15 is 0 Å². The Morgan fingerprint density at radius 3 is 2.37 bits per heavy atom. The molecule has 19 heavy (non-hydrogen) atoms. The van der Waals surface area contributed by atoms with Crippen LogP contribution in [0.15, 0.2) is 24.3 Å². The van der Waals surface area contributed by atoms with E-state index < -0.39 is 10.0 Å². The molecule has 0 heterocycles. The average Bonchev–Trinajstić information content (AvgIpc) is 2.38. The van der Waals surface area contributed by atoms with Gasteiger partial charge in [-0.3, -0.25) is 4.79 Å². The molecule has 0 spiro atoms. The van der Waals surface area contributed by atoms with Crippen molar-refractivity contribution in [3.05, 3.63) is 35.4 Å². The molecule has 1 N–H and O–H groups in total. The summed E-state index contributed by atoms with van der Waals surface area (Å²) in [5.74, 6) is -0.182. The largest absolute Gasteiger partial charge is 0.355 e. The van der Waals surface area contributed by atoms with Crippen LogP contribution in [0.25, 0.3) is 0 Å². The van der Waals surface area contributed by atoms with Gasteiger partial charge in [-0.15, -0.1) is 11.6 Å². The van der Waals surface area contributed by atoms with Crippen molar-refractivity contribution in [2.75, 3.05) is 25.7 Å². The molecule has 1 aromatic carbocycles. The van der Waals surface area contributed by atoms with Crippen LogP contribution in [-0.4, -0.2) is 44.4 Å². The van der Waals surface area contributed by atoms with Gasteiger partial charge in [0.2, 0.25) is 10.0 Å². The monoisotopic (exact) mass is 304 g/mol. The second-order valence-electron chi connectivity index (χ2n) is 4.04. The number of amides is 1. The van der Waals surface area contributed by atoms with Gasteiger partial charge in [-0.05, 0) is 17.7 Å². The summed E-state index contributed by atoms with van der Waals surface area (Å²) in [7, 11) is -0.251. The van der Waals surface area contributed by atoms with Gasteiger partial charge in [0.05, 0.1) is 5.75 Å². The molecule has 0 radical (unpaired) electrons. The van der Waals surface area contributed by atoms with Crippen LogP contribution in [-0.2, 0) is 16.6 Å². The third-order valence-corrected chi connectivity index (χ3v) is 4.87. The summed E-state index contributed by atoms with van der Waals surface area (Å²) in [6.07, 6.45) is 0. The molecule has 0 aliphatic heterocycles. The van der Waals surface area contributed by atoms with Gasteiger partial charge < -0.3 is 5.32 Å². The van der Waals surface area contributed by atoms with E-state index in [0.29, 0.717) is 5.56 Å². The zero-order chi connectivity index (χ0) is 14.5. The number of sulfonamides is 1. The van der Waals surface area contributed by atoms with E-state index in [1.54, 1.807) is 31.3 Å².